The molecule has 1 aromatic heterocycles. The number of aromatic nitrogens is 2. The summed E-state index contributed by atoms with van der Waals surface area (Å²) in [4.78, 5) is 14.7. The number of hydrogen-bond acceptors (Lipinski definition) is 1. The molecule has 0 saturated heterocycles. The number of benzene rings is 1. The number of aromatic amines is 1. The van der Waals surface area contributed by atoms with E-state index in [0.717, 1.165) is 10.0 Å². The Morgan fingerprint density at radius 1 is 1.38 bits per heavy atom. The Balaban J connectivity index is 2.60. The molecule has 1 aromatic carbocycles. The molecule has 0 amide bonds. The molecular formula is C12H11BrN2O. The van der Waals surface area contributed by atoms with Crippen molar-refractivity contribution in [3.63, 3.8) is 0 Å². The van der Waals surface area contributed by atoms with Crippen LogP contribution in [0.25, 0.3) is 12.7 Å². The van der Waals surface area contributed by atoms with E-state index in [0.29, 0.717) is 10.8 Å². The van der Waals surface area contributed by atoms with Crippen molar-refractivity contribution in [2.45, 2.75) is 0 Å². The fourth-order valence-corrected chi connectivity index (χ4v) is 1.68. The van der Waals surface area contributed by atoms with Crippen molar-refractivity contribution in [2.75, 3.05) is 0 Å². The normalized spacial score (nSPS) is 12.0. The highest BCUT2D eigenvalue weighted by Crippen LogP contribution is 2.10. The molecule has 0 spiro atoms. The highest BCUT2D eigenvalue weighted by atomic mass is 79.9. The summed E-state index contributed by atoms with van der Waals surface area (Å²) in [5.74, 6) is 0. The molecule has 0 atom stereocenters. The number of hydrogen-bond donors (Lipinski definition) is 1. The summed E-state index contributed by atoms with van der Waals surface area (Å²) in [6, 6.07) is 7.75. The molecule has 0 radical (unpaired) electrons. The van der Waals surface area contributed by atoms with Gasteiger partial charge in [0.05, 0.1) is 0 Å². The van der Waals surface area contributed by atoms with Crippen LogP contribution < -0.4 is 16.4 Å². The Hall–Kier alpha value is -1.55. The monoisotopic (exact) mass is 278 g/mol. The van der Waals surface area contributed by atoms with E-state index in [2.05, 4.69) is 27.5 Å². The van der Waals surface area contributed by atoms with Gasteiger partial charge in [-0.25, -0.2) is 0 Å². The summed E-state index contributed by atoms with van der Waals surface area (Å²) >= 11 is 3.36. The molecule has 1 N–H and O–H groups in total. The van der Waals surface area contributed by atoms with Gasteiger partial charge in [-0.2, -0.15) is 0 Å². The molecule has 16 heavy (non-hydrogen) atoms. The highest BCUT2D eigenvalue weighted by molar-refractivity contribution is 9.10. The third-order valence-electron chi connectivity index (χ3n) is 2.40. The van der Waals surface area contributed by atoms with Crippen LogP contribution >= 0.6 is 15.9 Å². The predicted octanol–water partition coefficient (Wildman–Crippen LogP) is 0.715. The van der Waals surface area contributed by atoms with E-state index >= 15 is 0 Å². The number of nitrogens with zero attached hydrogens (tertiary/aromatic N) is 1. The topological polar surface area (TPSA) is 37.8 Å². The first-order valence-corrected chi connectivity index (χ1v) is 5.58. The number of rotatable bonds is 1. The van der Waals surface area contributed by atoms with Crippen LogP contribution in [0.5, 0.6) is 0 Å². The fraction of sp³-hybridized carbons (Fsp3) is 0.0833. The Kier molecular flexibility index (Phi) is 2.83. The van der Waals surface area contributed by atoms with Gasteiger partial charge in [0, 0.05) is 11.5 Å². The van der Waals surface area contributed by atoms with Crippen LogP contribution in [0.4, 0.5) is 0 Å². The summed E-state index contributed by atoms with van der Waals surface area (Å²) in [6.45, 7) is 3.74. The van der Waals surface area contributed by atoms with E-state index < -0.39 is 0 Å². The van der Waals surface area contributed by atoms with Crippen LogP contribution in [-0.4, -0.2) is 9.55 Å². The lowest BCUT2D eigenvalue weighted by Crippen LogP contribution is -2.28. The maximum absolute atomic E-state index is 11.7. The Bertz CT molecular complexity index is 665. The zero-order valence-corrected chi connectivity index (χ0v) is 10.4. The molecule has 2 aromatic rings. The zero-order chi connectivity index (χ0) is 11.7. The smallest absolute Gasteiger partial charge is 0.275 e. The van der Waals surface area contributed by atoms with Crippen molar-refractivity contribution >= 4 is 28.6 Å². The number of H-pyrrole nitrogens is 1. The van der Waals surface area contributed by atoms with Crippen LogP contribution in [0.3, 0.4) is 0 Å². The minimum atomic E-state index is -0.0621. The van der Waals surface area contributed by atoms with Gasteiger partial charge in [-0.3, -0.25) is 9.36 Å². The van der Waals surface area contributed by atoms with Gasteiger partial charge < -0.3 is 4.98 Å². The van der Waals surface area contributed by atoms with Gasteiger partial charge in [0.25, 0.3) is 5.56 Å². The van der Waals surface area contributed by atoms with Crippen molar-refractivity contribution in [1.29, 1.82) is 0 Å². The van der Waals surface area contributed by atoms with Gasteiger partial charge in [0.2, 0.25) is 0 Å². The lowest BCUT2D eigenvalue weighted by Gasteiger charge is -1.91. The third kappa shape index (κ3) is 2.02. The molecule has 82 valence electrons. The highest BCUT2D eigenvalue weighted by Gasteiger charge is 1.96. The standard InChI is InChI=1S/C12H11BrN2O/c1-8-14-11(12(16)15(8)2)7-9-3-5-10(13)6-4-9/h3-7,14H,1H2,2H3/b11-7-. The molecule has 0 unspecified atom stereocenters. The third-order valence-corrected chi connectivity index (χ3v) is 2.93. The van der Waals surface area contributed by atoms with Crippen molar-refractivity contribution in [1.82, 2.24) is 9.55 Å². The second kappa shape index (κ2) is 4.14. The van der Waals surface area contributed by atoms with E-state index in [4.69, 9.17) is 0 Å². The Morgan fingerprint density at radius 2 is 2.00 bits per heavy atom. The van der Waals surface area contributed by atoms with Crippen molar-refractivity contribution in [3.05, 3.63) is 55.5 Å². The molecule has 1 heterocycles. The van der Waals surface area contributed by atoms with Gasteiger partial charge in [-0.15, -0.1) is 0 Å². The summed E-state index contributed by atoms with van der Waals surface area (Å²) in [5.41, 5.74) is 1.52. The SMILES string of the molecule is C=c1[nH]/c(=C\c2ccc(Br)cc2)c(=O)n1C. The second-order valence-electron chi connectivity index (χ2n) is 3.55. The Labute approximate surface area is 101 Å². The predicted molar refractivity (Wildman–Crippen MR) is 68.5 cm³/mol. The molecule has 0 aliphatic heterocycles. The Morgan fingerprint density at radius 3 is 2.50 bits per heavy atom. The molecular weight excluding hydrogens is 268 g/mol. The number of halogens is 1. The van der Waals surface area contributed by atoms with E-state index in [1.54, 1.807) is 7.05 Å². The van der Waals surface area contributed by atoms with Crippen molar-refractivity contribution < 1.29 is 0 Å². The molecule has 0 bridgehead atoms. The van der Waals surface area contributed by atoms with Gasteiger partial charge >= 0.3 is 0 Å². The minimum Gasteiger partial charge on any atom is -0.338 e. The molecule has 0 saturated carbocycles. The maximum atomic E-state index is 11.7. The van der Waals surface area contributed by atoms with Gasteiger partial charge in [-0.1, -0.05) is 34.6 Å². The van der Waals surface area contributed by atoms with Gasteiger partial charge in [-0.05, 0) is 23.8 Å². The lowest BCUT2D eigenvalue weighted by atomic mass is 10.2. The fourth-order valence-electron chi connectivity index (χ4n) is 1.42. The molecule has 2 rings (SSSR count). The van der Waals surface area contributed by atoms with Crippen LogP contribution in [0.1, 0.15) is 5.56 Å². The summed E-state index contributed by atoms with van der Waals surface area (Å²) < 4.78 is 2.51. The van der Waals surface area contributed by atoms with Crippen LogP contribution in [-0.2, 0) is 7.05 Å². The quantitative estimate of drug-likeness (QED) is 0.820. The average Bonchev–Trinajstić information content (AvgIpc) is 2.50. The molecule has 0 aliphatic carbocycles. The molecule has 4 heteroatoms. The minimum absolute atomic E-state index is 0.0621. The number of imidazole rings is 1. The van der Waals surface area contributed by atoms with E-state index in [9.17, 15) is 4.79 Å². The summed E-state index contributed by atoms with van der Waals surface area (Å²) in [7, 11) is 1.69. The van der Waals surface area contributed by atoms with Crippen LogP contribution in [0, 0.1) is 0 Å². The van der Waals surface area contributed by atoms with Gasteiger partial charge in [0.1, 0.15) is 10.8 Å². The maximum Gasteiger partial charge on any atom is 0.275 e. The second-order valence-corrected chi connectivity index (χ2v) is 4.46. The zero-order valence-electron chi connectivity index (χ0n) is 8.83. The number of nitrogens with one attached hydrogen (secondary N) is 1. The first kappa shape index (κ1) is 11.0. The van der Waals surface area contributed by atoms with E-state index in [1.807, 2.05) is 30.3 Å². The van der Waals surface area contributed by atoms with Crippen LogP contribution in [0.15, 0.2) is 33.5 Å². The first-order chi connectivity index (χ1) is 7.58. The molecule has 3 nitrogen and oxygen atoms in total. The first-order valence-electron chi connectivity index (χ1n) is 4.79. The van der Waals surface area contributed by atoms with Crippen molar-refractivity contribution in [2.24, 2.45) is 7.05 Å². The molecule has 0 fully saturated rings. The largest absolute Gasteiger partial charge is 0.338 e. The van der Waals surface area contributed by atoms with Crippen molar-refractivity contribution in [3.8, 4) is 0 Å². The average molecular weight is 279 g/mol. The molecule has 0 aliphatic rings. The summed E-state index contributed by atoms with van der Waals surface area (Å²) in [5, 5.41) is 0.551. The van der Waals surface area contributed by atoms with E-state index in [1.165, 1.54) is 4.57 Å². The van der Waals surface area contributed by atoms with E-state index in [-0.39, 0.29) is 5.56 Å². The lowest BCUT2D eigenvalue weighted by molar-refractivity contribution is 0.840. The summed E-state index contributed by atoms with van der Waals surface area (Å²) in [6.07, 6.45) is 1.81. The van der Waals surface area contributed by atoms with Crippen LogP contribution in [0.2, 0.25) is 0 Å². The van der Waals surface area contributed by atoms with Gasteiger partial charge in [0.15, 0.2) is 0 Å².